The number of carbonyl (C=O) groups is 2. The van der Waals surface area contributed by atoms with Crippen molar-refractivity contribution < 1.29 is 9.59 Å². The molecule has 0 unspecified atom stereocenters. The lowest BCUT2D eigenvalue weighted by Crippen LogP contribution is -2.28. The number of benzene rings is 1. The predicted octanol–water partition coefficient (Wildman–Crippen LogP) is 2.79. The maximum absolute atomic E-state index is 12.4. The fourth-order valence-corrected chi connectivity index (χ4v) is 2.13. The summed E-state index contributed by atoms with van der Waals surface area (Å²) in [6, 6.07) is 10.6. The predicted molar refractivity (Wildman–Crippen MR) is 100 cm³/mol. The van der Waals surface area contributed by atoms with Gasteiger partial charge in [-0.2, -0.15) is 0 Å². The second kappa shape index (κ2) is 8.28. The first-order chi connectivity index (χ1) is 11.9. The lowest BCUT2D eigenvalue weighted by molar-refractivity contribution is 0.0944. The summed E-state index contributed by atoms with van der Waals surface area (Å²) in [5.74, 6) is -0.211. The van der Waals surface area contributed by atoms with Crippen LogP contribution in [-0.2, 0) is 0 Å². The molecule has 6 heteroatoms. The summed E-state index contributed by atoms with van der Waals surface area (Å²) < 4.78 is 0. The van der Waals surface area contributed by atoms with E-state index in [0.717, 1.165) is 5.69 Å². The van der Waals surface area contributed by atoms with Crippen LogP contribution in [0.1, 0.15) is 34.7 Å². The number of pyridine rings is 1. The molecule has 0 spiro atoms. The second-order valence-corrected chi connectivity index (χ2v) is 6.43. The van der Waals surface area contributed by atoms with Gasteiger partial charge in [0.1, 0.15) is 5.69 Å². The Morgan fingerprint density at radius 2 is 1.76 bits per heavy atom. The summed E-state index contributed by atoms with van der Waals surface area (Å²) in [4.78, 5) is 30.5. The van der Waals surface area contributed by atoms with E-state index in [1.165, 1.54) is 12.3 Å². The average Bonchev–Trinajstić information content (AvgIpc) is 2.60. The van der Waals surface area contributed by atoms with Crippen LogP contribution in [0.5, 0.6) is 0 Å². The zero-order valence-electron chi connectivity index (χ0n) is 15.0. The van der Waals surface area contributed by atoms with Gasteiger partial charge in [-0.25, -0.2) is 0 Å². The van der Waals surface area contributed by atoms with Crippen molar-refractivity contribution in [2.75, 3.05) is 30.9 Å². The van der Waals surface area contributed by atoms with Crippen molar-refractivity contribution in [1.29, 1.82) is 0 Å². The Morgan fingerprint density at radius 3 is 2.36 bits per heavy atom. The molecule has 1 heterocycles. The molecule has 2 amide bonds. The van der Waals surface area contributed by atoms with Gasteiger partial charge in [0.2, 0.25) is 0 Å². The molecule has 0 saturated heterocycles. The van der Waals surface area contributed by atoms with Gasteiger partial charge in [0.15, 0.2) is 0 Å². The Labute approximate surface area is 148 Å². The van der Waals surface area contributed by atoms with E-state index in [0.29, 0.717) is 23.7 Å². The van der Waals surface area contributed by atoms with Crippen LogP contribution in [0.15, 0.2) is 42.6 Å². The fourth-order valence-electron chi connectivity index (χ4n) is 2.13. The highest BCUT2D eigenvalue weighted by Crippen LogP contribution is 2.16. The van der Waals surface area contributed by atoms with Crippen LogP contribution in [-0.4, -0.2) is 37.4 Å². The number of amides is 2. The Bertz CT molecular complexity index is 739. The average molecular weight is 340 g/mol. The molecule has 0 aliphatic heterocycles. The molecule has 6 nitrogen and oxygen atoms in total. The van der Waals surface area contributed by atoms with E-state index in [1.54, 1.807) is 6.07 Å². The number of hydrogen-bond acceptors (Lipinski definition) is 4. The number of hydrogen-bond donors (Lipinski definition) is 2. The van der Waals surface area contributed by atoms with Crippen LogP contribution >= 0.6 is 0 Å². The van der Waals surface area contributed by atoms with Crippen molar-refractivity contribution in [3.8, 4) is 0 Å². The number of anilines is 2. The third-order valence-electron chi connectivity index (χ3n) is 3.57. The molecule has 2 rings (SSSR count). The number of carbonyl (C=O) groups excluding carboxylic acids is 2. The van der Waals surface area contributed by atoms with E-state index in [-0.39, 0.29) is 17.5 Å². The van der Waals surface area contributed by atoms with Crippen LogP contribution in [0.25, 0.3) is 0 Å². The smallest absolute Gasteiger partial charge is 0.269 e. The summed E-state index contributed by atoms with van der Waals surface area (Å²) in [7, 11) is 3.91. The topological polar surface area (TPSA) is 74.3 Å². The van der Waals surface area contributed by atoms with Gasteiger partial charge < -0.3 is 15.5 Å². The first-order valence-corrected chi connectivity index (χ1v) is 8.20. The molecule has 2 N–H and O–H groups in total. The van der Waals surface area contributed by atoms with Gasteiger partial charge in [-0.15, -0.1) is 0 Å². The van der Waals surface area contributed by atoms with Crippen molar-refractivity contribution in [3.63, 3.8) is 0 Å². The molecule has 0 radical (unpaired) electrons. The van der Waals surface area contributed by atoms with Crippen molar-refractivity contribution in [1.82, 2.24) is 10.3 Å². The molecule has 1 aromatic heterocycles. The van der Waals surface area contributed by atoms with E-state index >= 15 is 0 Å². The molecule has 0 aliphatic carbocycles. The van der Waals surface area contributed by atoms with Gasteiger partial charge >= 0.3 is 0 Å². The monoisotopic (exact) mass is 340 g/mol. The maximum Gasteiger partial charge on any atom is 0.269 e. The lowest BCUT2D eigenvalue weighted by atomic mass is 10.2. The van der Waals surface area contributed by atoms with Crippen LogP contribution in [0, 0.1) is 5.92 Å². The van der Waals surface area contributed by atoms with E-state index in [2.05, 4.69) is 15.6 Å². The highest BCUT2D eigenvalue weighted by Gasteiger charge is 2.12. The first kappa shape index (κ1) is 18.4. The molecule has 1 aromatic carbocycles. The van der Waals surface area contributed by atoms with Crippen LogP contribution in [0.2, 0.25) is 0 Å². The fraction of sp³-hybridized carbons (Fsp3) is 0.316. The normalized spacial score (nSPS) is 10.4. The van der Waals surface area contributed by atoms with Gasteiger partial charge in [-0.05, 0) is 42.3 Å². The van der Waals surface area contributed by atoms with Crippen LogP contribution in [0.4, 0.5) is 11.4 Å². The molecular weight excluding hydrogens is 316 g/mol. The number of nitrogens with one attached hydrogen (secondary N) is 2. The van der Waals surface area contributed by atoms with Gasteiger partial charge in [-0.1, -0.05) is 13.8 Å². The Morgan fingerprint density at radius 1 is 1.08 bits per heavy atom. The summed E-state index contributed by atoms with van der Waals surface area (Å²) >= 11 is 0. The van der Waals surface area contributed by atoms with Crippen molar-refractivity contribution in [3.05, 3.63) is 53.9 Å². The third-order valence-corrected chi connectivity index (χ3v) is 3.57. The molecule has 0 saturated carbocycles. The van der Waals surface area contributed by atoms with Gasteiger partial charge in [-0.3, -0.25) is 14.6 Å². The zero-order chi connectivity index (χ0) is 18.4. The van der Waals surface area contributed by atoms with Crippen molar-refractivity contribution in [2.45, 2.75) is 13.8 Å². The highest BCUT2D eigenvalue weighted by atomic mass is 16.2. The second-order valence-electron chi connectivity index (χ2n) is 6.43. The quantitative estimate of drug-likeness (QED) is 0.848. The summed E-state index contributed by atoms with van der Waals surface area (Å²) in [5.41, 5.74) is 2.36. The largest absolute Gasteiger partial charge is 0.378 e. The summed E-state index contributed by atoms with van der Waals surface area (Å²) in [6.07, 6.45) is 1.47. The number of aromatic nitrogens is 1. The molecule has 0 fully saturated rings. The minimum atomic E-state index is -0.280. The summed E-state index contributed by atoms with van der Waals surface area (Å²) in [6.45, 7) is 4.59. The Hall–Kier alpha value is -2.89. The summed E-state index contributed by atoms with van der Waals surface area (Å²) in [5, 5.41) is 5.62. The zero-order valence-corrected chi connectivity index (χ0v) is 15.0. The van der Waals surface area contributed by atoms with Gasteiger partial charge in [0.25, 0.3) is 11.8 Å². The molecule has 132 valence electrons. The van der Waals surface area contributed by atoms with E-state index in [9.17, 15) is 9.59 Å². The van der Waals surface area contributed by atoms with Gasteiger partial charge in [0.05, 0.1) is 0 Å². The van der Waals surface area contributed by atoms with Gasteiger partial charge in [0, 0.05) is 43.8 Å². The number of rotatable bonds is 6. The van der Waals surface area contributed by atoms with E-state index in [4.69, 9.17) is 0 Å². The molecular formula is C19H24N4O2. The SMILES string of the molecule is CC(C)CNC(=O)c1cc(C(=O)Nc2ccc(N(C)C)cc2)ccn1. The van der Waals surface area contributed by atoms with Crippen LogP contribution < -0.4 is 15.5 Å². The third kappa shape index (κ3) is 5.31. The molecule has 0 aliphatic rings. The van der Waals surface area contributed by atoms with Crippen molar-refractivity contribution in [2.24, 2.45) is 5.92 Å². The first-order valence-electron chi connectivity index (χ1n) is 8.20. The van der Waals surface area contributed by atoms with E-state index in [1.807, 2.05) is 57.1 Å². The van der Waals surface area contributed by atoms with E-state index < -0.39 is 0 Å². The minimum absolute atomic E-state index is 0.233. The standard InChI is InChI=1S/C19H24N4O2/c1-13(2)12-21-19(25)17-11-14(9-10-20-17)18(24)22-15-5-7-16(8-6-15)23(3)4/h5-11,13H,12H2,1-4H3,(H,21,25)(H,22,24). The molecule has 0 bridgehead atoms. The van der Waals surface area contributed by atoms with Crippen molar-refractivity contribution >= 4 is 23.2 Å². The minimum Gasteiger partial charge on any atom is -0.378 e. The lowest BCUT2D eigenvalue weighted by Gasteiger charge is -2.13. The molecule has 25 heavy (non-hydrogen) atoms. The molecule has 2 aromatic rings. The highest BCUT2D eigenvalue weighted by molar-refractivity contribution is 6.05. The molecule has 0 atom stereocenters. The Balaban J connectivity index is 2.06. The Kier molecular flexibility index (Phi) is 6.11. The number of nitrogens with zero attached hydrogens (tertiary/aromatic N) is 2. The van der Waals surface area contributed by atoms with Crippen LogP contribution in [0.3, 0.4) is 0 Å². The maximum atomic E-state index is 12.4.